The van der Waals surface area contributed by atoms with Gasteiger partial charge in [-0.1, -0.05) is 0 Å². The van der Waals surface area contributed by atoms with Gasteiger partial charge in [0.15, 0.2) is 0 Å². The molecule has 0 bridgehead atoms. The van der Waals surface area contributed by atoms with E-state index >= 15 is 0 Å². The third-order valence-electron chi connectivity index (χ3n) is 2.66. The van der Waals surface area contributed by atoms with Gasteiger partial charge in [0.1, 0.15) is 5.54 Å². The fraction of sp³-hybridized carbons (Fsp3) is 0.556. The average molecular weight is 276 g/mol. The first kappa shape index (κ1) is 12.3. The highest BCUT2D eigenvalue weighted by Gasteiger charge is 2.39. The SMILES string of the molecule is CC1(C)C(=O)NCCN1c1nc(Cl)nc(Cl)n1. The van der Waals surface area contributed by atoms with Gasteiger partial charge in [-0.2, -0.15) is 15.0 Å². The van der Waals surface area contributed by atoms with Gasteiger partial charge in [-0.05, 0) is 37.0 Å². The number of amides is 1. The third kappa shape index (κ3) is 2.28. The molecule has 0 aliphatic carbocycles. The van der Waals surface area contributed by atoms with Crippen LogP contribution < -0.4 is 10.2 Å². The Labute approximate surface area is 108 Å². The third-order valence-corrected chi connectivity index (χ3v) is 3.00. The average Bonchev–Trinajstić information content (AvgIpc) is 2.20. The van der Waals surface area contributed by atoms with Gasteiger partial charge in [0.25, 0.3) is 0 Å². The smallest absolute Gasteiger partial charge is 0.245 e. The topological polar surface area (TPSA) is 71.0 Å². The van der Waals surface area contributed by atoms with Gasteiger partial charge in [0.2, 0.25) is 22.4 Å². The van der Waals surface area contributed by atoms with E-state index < -0.39 is 5.54 Å². The molecule has 8 heteroatoms. The minimum atomic E-state index is -0.744. The molecule has 2 rings (SSSR count). The van der Waals surface area contributed by atoms with Gasteiger partial charge in [0.05, 0.1) is 0 Å². The number of aromatic nitrogens is 3. The van der Waals surface area contributed by atoms with Crippen LogP contribution in [-0.2, 0) is 4.79 Å². The summed E-state index contributed by atoms with van der Waals surface area (Å²) < 4.78 is 0. The second kappa shape index (κ2) is 4.27. The zero-order chi connectivity index (χ0) is 12.6. The second-order valence-corrected chi connectivity index (χ2v) is 4.82. The molecule has 17 heavy (non-hydrogen) atoms. The summed E-state index contributed by atoms with van der Waals surface area (Å²) in [4.78, 5) is 25.2. The van der Waals surface area contributed by atoms with Crippen molar-refractivity contribution in [1.29, 1.82) is 0 Å². The van der Waals surface area contributed by atoms with Crippen molar-refractivity contribution in [2.75, 3.05) is 18.0 Å². The van der Waals surface area contributed by atoms with E-state index in [0.29, 0.717) is 19.0 Å². The molecule has 1 aromatic heterocycles. The highest BCUT2D eigenvalue weighted by Crippen LogP contribution is 2.24. The molecule has 0 atom stereocenters. The van der Waals surface area contributed by atoms with Crippen LogP contribution in [0.4, 0.5) is 5.95 Å². The van der Waals surface area contributed by atoms with Gasteiger partial charge < -0.3 is 10.2 Å². The Hall–Kier alpha value is -1.14. The number of hydrogen-bond donors (Lipinski definition) is 1. The summed E-state index contributed by atoms with van der Waals surface area (Å²) in [5, 5.41) is 2.81. The summed E-state index contributed by atoms with van der Waals surface area (Å²) in [5.74, 6) is 0.228. The lowest BCUT2D eigenvalue weighted by Crippen LogP contribution is -2.62. The standard InChI is InChI=1S/C9H11Cl2N5O/c1-9(2)5(17)12-3-4-16(9)8-14-6(10)13-7(11)15-8/h3-4H2,1-2H3,(H,12,17). The van der Waals surface area contributed by atoms with Crippen LogP contribution in [0.15, 0.2) is 0 Å². The summed E-state index contributed by atoms with van der Waals surface area (Å²) >= 11 is 11.4. The summed E-state index contributed by atoms with van der Waals surface area (Å²) in [6.45, 7) is 4.69. The predicted molar refractivity (Wildman–Crippen MR) is 64.3 cm³/mol. The van der Waals surface area contributed by atoms with Gasteiger partial charge >= 0.3 is 0 Å². The zero-order valence-electron chi connectivity index (χ0n) is 9.37. The van der Waals surface area contributed by atoms with Crippen molar-refractivity contribution in [1.82, 2.24) is 20.3 Å². The van der Waals surface area contributed by atoms with Gasteiger partial charge in [-0.3, -0.25) is 4.79 Å². The van der Waals surface area contributed by atoms with Gasteiger partial charge in [0, 0.05) is 13.1 Å². The summed E-state index contributed by atoms with van der Waals surface area (Å²) in [5.41, 5.74) is -0.744. The molecule has 0 aromatic carbocycles. The quantitative estimate of drug-likeness (QED) is 0.825. The van der Waals surface area contributed by atoms with Crippen LogP contribution in [0.3, 0.4) is 0 Å². The van der Waals surface area contributed by atoms with E-state index in [1.165, 1.54) is 0 Å². The van der Waals surface area contributed by atoms with Gasteiger partial charge in [-0.15, -0.1) is 0 Å². The van der Waals surface area contributed by atoms with E-state index in [2.05, 4.69) is 20.3 Å². The molecule has 1 aromatic rings. The number of carbonyl (C=O) groups excluding carboxylic acids is 1. The number of nitrogens with zero attached hydrogens (tertiary/aromatic N) is 4. The first-order valence-corrected chi connectivity index (χ1v) is 5.80. The molecule has 0 spiro atoms. The van der Waals surface area contributed by atoms with Crippen molar-refractivity contribution in [3.05, 3.63) is 10.6 Å². The number of hydrogen-bond acceptors (Lipinski definition) is 5. The summed E-state index contributed by atoms with van der Waals surface area (Å²) in [7, 11) is 0. The van der Waals surface area contributed by atoms with E-state index in [-0.39, 0.29) is 16.5 Å². The van der Waals surface area contributed by atoms with Crippen LogP contribution in [0.25, 0.3) is 0 Å². The van der Waals surface area contributed by atoms with E-state index in [0.717, 1.165) is 0 Å². The van der Waals surface area contributed by atoms with Crippen LogP contribution in [0.1, 0.15) is 13.8 Å². The fourth-order valence-electron chi connectivity index (χ4n) is 1.69. The normalized spacial score (nSPS) is 19.1. The number of piperazine rings is 1. The molecule has 1 N–H and O–H groups in total. The lowest BCUT2D eigenvalue weighted by atomic mass is 10.00. The molecule has 1 saturated heterocycles. The molecule has 0 saturated carbocycles. The monoisotopic (exact) mass is 275 g/mol. The summed E-state index contributed by atoms with van der Waals surface area (Å²) in [6.07, 6.45) is 0. The highest BCUT2D eigenvalue weighted by molar-refractivity contribution is 6.31. The second-order valence-electron chi connectivity index (χ2n) is 4.14. The zero-order valence-corrected chi connectivity index (χ0v) is 10.9. The van der Waals surface area contributed by atoms with E-state index in [9.17, 15) is 4.79 Å². The Balaban J connectivity index is 2.41. The molecule has 1 aliphatic rings. The Morgan fingerprint density at radius 1 is 1.24 bits per heavy atom. The Morgan fingerprint density at radius 3 is 2.41 bits per heavy atom. The van der Waals surface area contributed by atoms with E-state index in [1.54, 1.807) is 18.7 Å². The van der Waals surface area contributed by atoms with Crippen molar-refractivity contribution >= 4 is 35.1 Å². The van der Waals surface area contributed by atoms with Gasteiger partial charge in [-0.25, -0.2) is 0 Å². The Morgan fingerprint density at radius 2 is 1.82 bits per heavy atom. The number of halogens is 2. The molecule has 6 nitrogen and oxygen atoms in total. The number of nitrogens with one attached hydrogen (secondary N) is 1. The van der Waals surface area contributed by atoms with Crippen LogP contribution in [0, 0.1) is 0 Å². The molecule has 92 valence electrons. The maximum atomic E-state index is 11.8. The van der Waals surface area contributed by atoms with Crippen molar-refractivity contribution in [2.45, 2.75) is 19.4 Å². The molecule has 1 aliphatic heterocycles. The highest BCUT2D eigenvalue weighted by atomic mass is 35.5. The van der Waals surface area contributed by atoms with E-state index in [1.807, 2.05) is 0 Å². The first-order chi connectivity index (χ1) is 7.91. The molecule has 1 fully saturated rings. The van der Waals surface area contributed by atoms with E-state index in [4.69, 9.17) is 23.2 Å². The van der Waals surface area contributed by atoms with Crippen molar-refractivity contribution in [3.8, 4) is 0 Å². The predicted octanol–water partition coefficient (Wildman–Crippen LogP) is 0.893. The maximum Gasteiger partial charge on any atom is 0.245 e. The Kier molecular flexibility index (Phi) is 3.09. The minimum absolute atomic E-state index is 0.0155. The molecule has 1 amide bonds. The molecule has 2 heterocycles. The lowest BCUT2D eigenvalue weighted by Gasteiger charge is -2.40. The van der Waals surface area contributed by atoms with Crippen LogP contribution >= 0.6 is 23.2 Å². The molecular formula is C9H11Cl2N5O. The fourth-order valence-corrected chi connectivity index (χ4v) is 2.04. The lowest BCUT2D eigenvalue weighted by molar-refractivity contribution is -0.126. The number of anilines is 1. The Bertz CT molecular complexity index is 444. The summed E-state index contributed by atoms with van der Waals surface area (Å²) in [6, 6.07) is 0. The minimum Gasteiger partial charge on any atom is -0.352 e. The molecule has 0 unspecified atom stereocenters. The number of rotatable bonds is 1. The van der Waals surface area contributed by atoms with Crippen molar-refractivity contribution < 1.29 is 4.79 Å². The molecule has 0 radical (unpaired) electrons. The van der Waals surface area contributed by atoms with Crippen molar-refractivity contribution in [3.63, 3.8) is 0 Å². The first-order valence-electron chi connectivity index (χ1n) is 5.04. The van der Waals surface area contributed by atoms with Crippen LogP contribution in [0.5, 0.6) is 0 Å². The van der Waals surface area contributed by atoms with Crippen molar-refractivity contribution in [2.24, 2.45) is 0 Å². The number of carbonyl (C=O) groups is 1. The largest absolute Gasteiger partial charge is 0.352 e. The maximum absolute atomic E-state index is 11.8. The van der Waals surface area contributed by atoms with Crippen LogP contribution in [0.2, 0.25) is 10.6 Å². The van der Waals surface area contributed by atoms with Crippen LogP contribution in [-0.4, -0.2) is 39.5 Å². The molecular weight excluding hydrogens is 265 g/mol.